The van der Waals surface area contributed by atoms with Gasteiger partial charge in [0.05, 0.1) is 6.61 Å². The van der Waals surface area contributed by atoms with Gasteiger partial charge in [0.25, 0.3) is 0 Å². The number of aryl methyl sites for hydroxylation is 1. The van der Waals surface area contributed by atoms with Crippen LogP contribution in [-0.2, 0) is 6.42 Å². The highest BCUT2D eigenvalue weighted by atomic mass is 16.5. The molecule has 0 saturated heterocycles. The zero-order valence-corrected chi connectivity index (χ0v) is 19.8. The van der Waals surface area contributed by atoms with Crippen LogP contribution in [0.25, 0.3) is 11.1 Å². The predicted molar refractivity (Wildman–Crippen MR) is 136 cm³/mol. The lowest BCUT2D eigenvalue weighted by atomic mass is 9.75. The first-order valence-corrected chi connectivity index (χ1v) is 12.6. The molecule has 1 nitrogen and oxygen atoms in total. The minimum atomic E-state index is 0.687. The average Bonchev–Trinajstić information content (AvgIpc) is 2.85. The summed E-state index contributed by atoms with van der Waals surface area (Å²) < 4.78 is 5.55. The van der Waals surface area contributed by atoms with Crippen LogP contribution in [0.2, 0.25) is 0 Å². The van der Waals surface area contributed by atoms with Gasteiger partial charge in [0.1, 0.15) is 5.75 Å². The third kappa shape index (κ3) is 6.25. The van der Waals surface area contributed by atoms with E-state index in [1.807, 2.05) is 6.92 Å². The molecule has 0 bridgehead atoms. The number of hydrogen-bond acceptors (Lipinski definition) is 1. The fraction of sp³-hybridized carbons (Fsp3) is 0.419. The largest absolute Gasteiger partial charge is 0.494 e. The van der Waals surface area contributed by atoms with Crippen LogP contribution in [0.1, 0.15) is 69.4 Å². The van der Waals surface area contributed by atoms with Crippen molar-refractivity contribution >= 4 is 0 Å². The molecule has 1 aliphatic rings. The van der Waals surface area contributed by atoms with Gasteiger partial charge in [-0.05, 0) is 78.3 Å². The SMILES string of the molecule is CCOc1ccc(-c2ccc(CCC3CCC(CC(C)c4ccccc4)CC3)cc2)cc1. The van der Waals surface area contributed by atoms with Crippen LogP contribution in [0.3, 0.4) is 0 Å². The lowest BCUT2D eigenvalue weighted by Gasteiger charge is -2.30. The van der Waals surface area contributed by atoms with Gasteiger partial charge in [-0.3, -0.25) is 0 Å². The van der Waals surface area contributed by atoms with E-state index < -0.39 is 0 Å². The van der Waals surface area contributed by atoms with Gasteiger partial charge in [-0.15, -0.1) is 0 Å². The van der Waals surface area contributed by atoms with E-state index in [1.54, 1.807) is 0 Å². The van der Waals surface area contributed by atoms with E-state index in [1.165, 1.54) is 67.2 Å². The molecule has 3 aromatic rings. The molecule has 3 aromatic carbocycles. The van der Waals surface area contributed by atoms with E-state index in [9.17, 15) is 0 Å². The van der Waals surface area contributed by atoms with Crippen LogP contribution in [0, 0.1) is 11.8 Å². The van der Waals surface area contributed by atoms with Crippen LogP contribution >= 0.6 is 0 Å². The van der Waals surface area contributed by atoms with Crippen molar-refractivity contribution in [3.05, 3.63) is 90.0 Å². The van der Waals surface area contributed by atoms with E-state index in [0.717, 1.165) is 17.6 Å². The summed E-state index contributed by atoms with van der Waals surface area (Å²) >= 11 is 0. The standard InChI is InChI=1S/C31H38O/c1-3-32-31-21-19-30(20-22-31)29-17-15-26(16-18-29)10-9-25-11-13-27(14-12-25)23-24(2)28-7-5-4-6-8-28/h4-8,15-22,24-25,27H,3,9-14,23H2,1-2H3. The Balaban J connectivity index is 1.21. The normalized spacial score (nSPS) is 19.4. The summed E-state index contributed by atoms with van der Waals surface area (Å²) in [5, 5.41) is 0. The van der Waals surface area contributed by atoms with Gasteiger partial charge in [-0.2, -0.15) is 0 Å². The molecule has 1 unspecified atom stereocenters. The Hall–Kier alpha value is -2.54. The summed E-state index contributed by atoms with van der Waals surface area (Å²) in [6.45, 7) is 5.13. The highest BCUT2D eigenvalue weighted by Gasteiger charge is 2.23. The molecule has 0 aliphatic heterocycles. The molecule has 1 aliphatic carbocycles. The summed E-state index contributed by atoms with van der Waals surface area (Å²) in [5.74, 6) is 3.45. The predicted octanol–water partition coefficient (Wildman–Crippen LogP) is 8.69. The molecular formula is C31H38O. The highest BCUT2D eigenvalue weighted by molar-refractivity contribution is 5.64. The summed E-state index contributed by atoms with van der Waals surface area (Å²) in [6.07, 6.45) is 9.55. The minimum absolute atomic E-state index is 0.687. The number of ether oxygens (including phenoxy) is 1. The third-order valence-corrected chi connectivity index (χ3v) is 7.32. The third-order valence-electron chi connectivity index (χ3n) is 7.32. The Bertz CT molecular complexity index is 918. The first-order valence-electron chi connectivity index (χ1n) is 12.6. The van der Waals surface area contributed by atoms with Gasteiger partial charge in [-0.1, -0.05) is 99.3 Å². The molecule has 0 N–H and O–H groups in total. The molecule has 0 aromatic heterocycles. The molecule has 1 heteroatoms. The molecule has 168 valence electrons. The second-order valence-corrected chi connectivity index (χ2v) is 9.63. The Kier molecular flexibility index (Phi) is 8.04. The lowest BCUT2D eigenvalue weighted by molar-refractivity contribution is 0.245. The van der Waals surface area contributed by atoms with Crippen molar-refractivity contribution in [3.63, 3.8) is 0 Å². The minimum Gasteiger partial charge on any atom is -0.494 e. The van der Waals surface area contributed by atoms with E-state index in [4.69, 9.17) is 4.74 Å². The van der Waals surface area contributed by atoms with Crippen LogP contribution in [0.15, 0.2) is 78.9 Å². The fourth-order valence-corrected chi connectivity index (χ4v) is 5.32. The van der Waals surface area contributed by atoms with Gasteiger partial charge in [0.15, 0.2) is 0 Å². The van der Waals surface area contributed by atoms with E-state index in [0.29, 0.717) is 12.5 Å². The van der Waals surface area contributed by atoms with Crippen LogP contribution < -0.4 is 4.74 Å². The van der Waals surface area contributed by atoms with Crippen molar-refractivity contribution < 1.29 is 4.74 Å². The van der Waals surface area contributed by atoms with Crippen molar-refractivity contribution in [1.82, 2.24) is 0 Å². The maximum atomic E-state index is 5.55. The van der Waals surface area contributed by atoms with Crippen LogP contribution in [0.4, 0.5) is 0 Å². The maximum absolute atomic E-state index is 5.55. The Morgan fingerprint density at radius 1 is 0.750 bits per heavy atom. The zero-order chi connectivity index (χ0) is 22.2. The topological polar surface area (TPSA) is 9.23 Å². The molecule has 4 rings (SSSR count). The Morgan fingerprint density at radius 2 is 1.34 bits per heavy atom. The molecular weight excluding hydrogens is 388 g/mol. The molecule has 1 atom stereocenters. The number of benzene rings is 3. The van der Waals surface area contributed by atoms with Gasteiger partial charge < -0.3 is 4.74 Å². The van der Waals surface area contributed by atoms with Crippen LogP contribution in [0.5, 0.6) is 5.75 Å². The molecule has 0 radical (unpaired) electrons. The van der Waals surface area contributed by atoms with Crippen molar-refractivity contribution in [2.75, 3.05) is 6.61 Å². The van der Waals surface area contributed by atoms with Gasteiger partial charge in [0, 0.05) is 0 Å². The lowest BCUT2D eigenvalue weighted by Crippen LogP contribution is -2.16. The summed E-state index contributed by atoms with van der Waals surface area (Å²) in [5.41, 5.74) is 5.51. The van der Waals surface area contributed by atoms with Crippen molar-refractivity contribution in [2.24, 2.45) is 11.8 Å². The Labute approximate surface area is 194 Å². The highest BCUT2D eigenvalue weighted by Crippen LogP contribution is 2.37. The van der Waals surface area contributed by atoms with Gasteiger partial charge in [0.2, 0.25) is 0 Å². The maximum Gasteiger partial charge on any atom is 0.119 e. The van der Waals surface area contributed by atoms with Gasteiger partial charge in [-0.25, -0.2) is 0 Å². The molecule has 1 fully saturated rings. The van der Waals surface area contributed by atoms with Gasteiger partial charge >= 0.3 is 0 Å². The average molecular weight is 427 g/mol. The number of hydrogen-bond donors (Lipinski definition) is 0. The van der Waals surface area contributed by atoms with E-state index >= 15 is 0 Å². The first-order chi connectivity index (χ1) is 15.7. The summed E-state index contributed by atoms with van der Waals surface area (Å²) in [4.78, 5) is 0. The number of rotatable bonds is 9. The van der Waals surface area contributed by atoms with Crippen molar-refractivity contribution in [2.45, 2.75) is 64.7 Å². The van der Waals surface area contributed by atoms with E-state index in [2.05, 4.69) is 85.8 Å². The smallest absolute Gasteiger partial charge is 0.119 e. The second kappa shape index (κ2) is 11.4. The fourth-order valence-electron chi connectivity index (χ4n) is 5.32. The zero-order valence-electron chi connectivity index (χ0n) is 19.8. The summed E-state index contributed by atoms with van der Waals surface area (Å²) in [6, 6.07) is 28.6. The van der Waals surface area contributed by atoms with Crippen molar-refractivity contribution in [1.29, 1.82) is 0 Å². The van der Waals surface area contributed by atoms with E-state index in [-0.39, 0.29) is 0 Å². The molecule has 1 saturated carbocycles. The molecule has 32 heavy (non-hydrogen) atoms. The monoisotopic (exact) mass is 426 g/mol. The Morgan fingerprint density at radius 3 is 1.97 bits per heavy atom. The quantitative estimate of drug-likeness (QED) is 0.332. The molecule has 0 heterocycles. The second-order valence-electron chi connectivity index (χ2n) is 9.63. The first kappa shape index (κ1) is 22.6. The van der Waals surface area contributed by atoms with Crippen LogP contribution in [-0.4, -0.2) is 6.61 Å². The molecule has 0 amide bonds. The summed E-state index contributed by atoms with van der Waals surface area (Å²) in [7, 11) is 0. The van der Waals surface area contributed by atoms with Crippen molar-refractivity contribution in [3.8, 4) is 16.9 Å². The molecule has 0 spiro atoms.